The predicted molar refractivity (Wildman–Crippen MR) is 80.0 cm³/mol. The molecule has 0 amide bonds. The molecule has 1 aliphatic carbocycles. The third-order valence-electron chi connectivity index (χ3n) is 4.25. The fraction of sp³-hybridized carbons (Fsp3) is 0.333. The van der Waals surface area contributed by atoms with Gasteiger partial charge in [-0.2, -0.15) is 0 Å². The Kier molecular flexibility index (Phi) is 3.49. The van der Waals surface area contributed by atoms with Gasteiger partial charge in [0.25, 0.3) is 0 Å². The SMILES string of the molecule is COc1ccccc1C1(O)CCCCc2ccccc21. The molecular formula is C18H20O2. The van der Waals surface area contributed by atoms with Gasteiger partial charge >= 0.3 is 0 Å². The van der Waals surface area contributed by atoms with E-state index in [0.29, 0.717) is 0 Å². The van der Waals surface area contributed by atoms with Crippen LogP contribution in [0.25, 0.3) is 0 Å². The van der Waals surface area contributed by atoms with Gasteiger partial charge in [0.1, 0.15) is 11.4 Å². The van der Waals surface area contributed by atoms with Crippen molar-refractivity contribution in [2.45, 2.75) is 31.3 Å². The Balaban J connectivity index is 2.20. The summed E-state index contributed by atoms with van der Waals surface area (Å²) in [6.07, 6.45) is 3.91. The Hall–Kier alpha value is -1.80. The highest BCUT2D eigenvalue weighted by atomic mass is 16.5. The van der Waals surface area contributed by atoms with Crippen LogP contribution in [0.2, 0.25) is 0 Å². The maximum atomic E-state index is 11.4. The number of fused-ring (bicyclic) bond motifs is 1. The average molecular weight is 268 g/mol. The minimum absolute atomic E-state index is 0.740. The van der Waals surface area contributed by atoms with Gasteiger partial charge in [-0.15, -0.1) is 0 Å². The average Bonchev–Trinajstić information content (AvgIpc) is 2.68. The molecule has 0 aliphatic heterocycles. The van der Waals surface area contributed by atoms with Crippen LogP contribution in [0.5, 0.6) is 5.75 Å². The first-order valence-corrected chi connectivity index (χ1v) is 7.20. The minimum atomic E-state index is -0.945. The highest BCUT2D eigenvalue weighted by molar-refractivity contribution is 5.47. The van der Waals surface area contributed by atoms with Gasteiger partial charge in [-0.05, 0) is 42.9 Å². The smallest absolute Gasteiger partial charge is 0.125 e. The molecule has 1 atom stereocenters. The van der Waals surface area contributed by atoms with E-state index < -0.39 is 5.60 Å². The second-order valence-corrected chi connectivity index (χ2v) is 5.42. The zero-order valence-electron chi connectivity index (χ0n) is 11.8. The fourth-order valence-electron chi connectivity index (χ4n) is 3.24. The number of aryl methyl sites for hydroxylation is 1. The lowest BCUT2D eigenvalue weighted by Crippen LogP contribution is -2.28. The largest absolute Gasteiger partial charge is 0.496 e. The van der Waals surface area contributed by atoms with Crippen LogP contribution in [-0.2, 0) is 12.0 Å². The lowest BCUT2D eigenvalue weighted by atomic mass is 9.81. The predicted octanol–water partition coefficient (Wildman–Crippen LogP) is 3.66. The van der Waals surface area contributed by atoms with E-state index in [-0.39, 0.29) is 0 Å². The highest BCUT2D eigenvalue weighted by Gasteiger charge is 2.36. The van der Waals surface area contributed by atoms with Crippen LogP contribution in [0.4, 0.5) is 0 Å². The standard InChI is InChI=1S/C18H20O2/c1-20-17-12-5-4-11-16(17)18(19)13-7-6-9-14-8-2-3-10-15(14)18/h2-5,8,10-12,19H,6-7,9,13H2,1H3. The molecule has 0 saturated heterocycles. The summed E-state index contributed by atoms with van der Waals surface area (Å²) in [5.41, 5.74) is 2.21. The Labute approximate surface area is 120 Å². The van der Waals surface area contributed by atoms with Crippen molar-refractivity contribution in [1.82, 2.24) is 0 Å². The highest BCUT2D eigenvalue weighted by Crippen LogP contribution is 2.42. The maximum absolute atomic E-state index is 11.4. The van der Waals surface area contributed by atoms with Crippen LogP contribution in [0.3, 0.4) is 0 Å². The first-order valence-electron chi connectivity index (χ1n) is 7.20. The second-order valence-electron chi connectivity index (χ2n) is 5.42. The van der Waals surface area contributed by atoms with Gasteiger partial charge in [0.15, 0.2) is 0 Å². The summed E-state index contributed by atoms with van der Waals surface area (Å²) >= 11 is 0. The number of ether oxygens (including phenoxy) is 1. The Morgan fingerprint density at radius 2 is 1.65 bits per heavy atom. The molecule has 0 aromatic heterocycles. The van der Waals surface area contributed by atoms with Crippen molar-refractivity contribution in [2.75, 3.05) is 7.11 Å². The van der Waals surface area contributed by atoms with E-state index in [1.54, 1.807) is 7.11 Å². The Bertz CT molecular complexity index is 606. The van der Waals surface area contributed by atoms with Crippen LogP contribution in [-0.4, -0.2) is 12.2 Å². The summed E-state index contributed by atoms with van der Waals surface area (Å²) < 4.78 is 5.46. The number of rotatable bonds is 2. The molecule has 3 rings (SSSR count). The normalized spacial score (nSPS) is 21.9. The third kappa shape index (κ3) is 2.10. The minimum Gasteiger partial charge on any atom is -0.496 e. The topological polar surface area (TPSA) is 29.5 Å². The van der Waals surface area contributed by atoms with Crippen molar-refractivity contribution in [2.24, 2.45) is 0 Å². The van der Waals surface area contributed by atoms with E-state index in [9.17, 15) is 5.11 Å². The zero-order chi connectivity index (χ0) is 14.0. The van der Waals surface area contributed by atoms with Crippen LogP contribution >= 0.6 is 0 Å². The van der Waals surface area contributed by atoms with Crippen molar-refractivity contribution in [3.8, 4) is 5.75 Å². The van der Waals surface area contributed by atoms with Crippen molar-refractivity contribution in [1.29, 1.82) is 0 Å². The summed E-state index contributed by atoms with van der Waals surface area (Å²) in [5.74, 6) is 0.756. The molecule has 0 radical (unpaired) electrons. The van der Waals surface area contributed by atoms with Gasteiger partial charge in [0.2, 0.25) is 0 Å². The van der Waals surface area contributed by atoms with Crippen LogP contribution < -0.4 is 4.74 Å². The van der Waals surface area contributed by atoms with Gasteiger partial charge < -0.3 is 9.84 Å². The molecule has 2 nitrogen and oxygen atoms in total. The van der Waals surface area contributed by atoms with Crippen molar-refractivity contribution in [3.63, 3.8) is 0 Å². The fourth-order valence-corrected chi connectivity index (χ4v) is 3.24. The number of aliphatic hydroxyl groups is 1. The Morgan fingerprint density at radius 1 is 0.950 bits per heavy atom. The summed E-state index contributed by atoms with van der Waals surface area (Å²) in [6.45, 7) is 0. The number of para-hydroxylation sites is 1. The summed E-state index contributed by atoms with van der Waals surface area (Å²) in [7, 11) is 1.66. The zero-order valence-corrected chi connectivity index (χ0v) is 11.8. The lowest BCUT2D eigenvalue weighted by molar-refractivity contribution is 0.0677. The molecule has 20 heavy (non-hydrogen) atoms. The Morgan fingerprint density at radius 3 is 2.45 bits per heavy atom. The lowest BCUT2D eigenvalue weighted by Gasteiger charge is -2.30. The molecule has 1 unspecified atom stereocenters. The van der Waals surface area contributed by atoms with E-state index in [4.69, 9.17) is 4.74 Å². The molecule has 1 aliphatic rings. The first kappa shape index (κ1) is 13.2. The van der Waals surface area contributed by atoms with E-state index in [2.05, 4.69) is 6.07 Å². The molecule has 0 saturated carbocycles. The summed E-state index contributed by atoms with van der Waals surface area (Å²) in [5, 5.41) is 11.4. The summed E-state index contributed by atoms with van der Waals surface area (Å²) in [6, 6.07) is 16.0. The van der Waals surface area contributed by atoms with E-state index in [1.807, 2.05) is 42.5 Å². The van der Waals surface area contributed by atoms with Crippen molar-refractivity contribution < 1.29 is 9.84 Å². The van der Waals surface area contributed by atoms with E-state index in [0.717, 1.165) is 42.6 Å². The quantitative estimate of drug-likeness (QED) is 0.842. The molecule has 2 aromatic rings. The van der Waals surface area contributed by atoms with Gasteiger partial charge in [0, 0.05) is 5.56 Å². The van der Waals surface area contributed by atoms with Gasteiger partial charge in [-0.3, -0.25) is 0 Å². The molecule has 1 N–H and O–H groups in total. The van der Waals surface area contributed by atoms with Crippen LogP contribution in [0.1, 0.15) is 36.0 Å². The van der Waals surface area contributed by atoms with Crippen LogP contribution in [0.15, 0.2) is 48.5 Å². The second kappa shape index (κ2) is 5.29. The molecule has 0 fully saturated rings. The maximum Gasteiger partial charge on any atom is 0.125 e. The number of methoxy groups -OCH3 is 1. The van der Waals surface area contributed by atoms with Crippen LogP contribution in [0, 0.1) is 0 Å². The van der Waals surface area contributed by atoms with Crippen molar-refractivity contribution in [3.05, 3.63) is 65.2 Å². The van der Waals surface area contributed by atoms with E-state index in [1.165, 1.54) is 5.56 Å². The number of hydrogen-bond acceptors (Lipinski definition) is 2. The van der Waals surface area contributed by atoms with Gasteiger partial charge in [-0.1, -0.05) is 42.5 Å². The first-order chi connectivity index (χ1) is 9.75. The van der Waals surface area contributed by atoms with Gasteiger partial charge in [0.05, 0.1) is 7.11 Å². The third-order valence-corrected chi connectivity index (χ3v) is 4.25. The molecule has 0 bridgehead atoms. The molecule has 104 valence electrons. The van der Waals surface area contributed by atoms with E-state index >= 15 is 0 Å². The molecule has 2 heteroatoms. The molecule has 2 aromatic carbocycles. The molecular weight excluding hydrogens is 248 g/mol. The number of hydrogen-bond donors (Lipinski definition) is 1. The monoisotopic (exact) mass is 268 g/mol. The molecule has 0 heterocycles. The van der Waals surface area contributed by atoms with Gasteiger partial charge in [-0.25, -0.2) is 0 Å². The number of benzene rings is 2. The van der Waals surface area contributed by atoms with Crippen molar-refractivity contribution >= 4 is 0 Å². The summed E-state index contributed by atoms with van der Waals surface area (Å²) in [4.78, 5) is 0. The molecule has 0 spiro atoms.